The molecule has 0 radical (unpaired) electrons. The lowest BCUT2D eigenvalue weighted by Gasteiger charge is -2.05. The van der Waals surface area contributed by atoms with E-state index >= 15 is 0 Å². The van der Waals surface area contributed by atoms with Crippen molar-refractivity contribution in [2.24, 2.45) is 5.73 Å². The molecule has 0 spiro atoms. The molecule has 0 unspecified atom stereocenters. The lowest BCUT2D eigenvalue weighted by atomic mass is 10.1. The minimum Gasteiger partial charge on any atom is -0.497 e. The van der Waals surface area contributed by atoms with E-state index in [-0.39, 0.29) is 0 Å². The number of ether oxygens (including phenoxy) is 2. The molecule has 0 aliphatic heterocycles. The molecule has 0 aliphatic rings. The van der Waals surface area contributed by atoms with Gasteiger partial charge in [0.05, 0.1) is 19.7 Å². The third kappa shape index (κ3) is 1.96. The topological polar surface area (TPSA) is 60.3 Å². The standard InChI is InChI=1S/C13H18N2O2/c1-8-10-6-9(16-2)7-12(17-3)13(10)15-11(8)4-5-14/h6-7,15H,4-5,14H2,1-3H3. The molecule has 0 aliphatic carbocycles. The molecular weight excluding hydrogens is 216 g/mol. The van der Waals surface area contributed by atoms with Crippen molar-refractivity contribution in [3.63, 3.8) is 0 Å². The van der Waals surface area contributed by atoms with Crippen molar-refractivity contribution in [2.75, 3.05) is 20.8 Å². The molecule has 17 heavy (non-hydrogen) atoms. The second-order valence-electron chi connectivity index (χ2n) is 4.02. The maximum Gasteiger partial charge on any atom is 0.146 e. The number of benzene rings is 1. The summed E-state index contributed by atoms with van der Waals surface area (Å²) in [5, 5.41) is 1.13. The van der Waals surface area contributed by atoms with Crippen LogP contribution in [0, 0.1) is 6.92 Å². The van der Waals surface area contributed by atoms with E-state index in [2.05, 4.69) is 11.9 Å². The molecule has 0 atom stereocenters. The van der Waals surface area contributed by atoms with Gasteiger partial charge in [-0.1, -0.05) is 0 Å². The van der Waals surface area contributed by atoms with E-state index in [4.69, 9.17) is 15.2 Å². The summed E-state index contributed by atoms with van der Waals surface area (Å²) >= 11 is 0. The molecule has 4 nitrogen and oxygen atoms in total. The molecule has 0 bridgehead atoms. The van der Waals surface area contributed by atoms with Crippen molar-refractivity contribution >= 4 is 10.9 Å². The monoisotopic (exact) mass is 234 g/mol. The van der Waals surface area contributed by atoms with E-state index in [0.29, 0.717) is 6.54 Å². The number of hydrogen-bond acceptors (Lipinski definition) is 3. The van der Waals surface area contributed by atoms with Gasteiger partial charge in [-0.25, -0.2) is 0 Å². The Morgan fingerprint density at radius 1 is 1.24 bits per heavy atom. The van der Waals surface area contributed by atoms with Gasteiger partial charge in [-0.2, -0.15) is 0 Å². The number of aromatic nitrogens is 1. The first-order valence-corrected chi connectivity index (χ1v) is 5.64. The summed E-state index contributed by atoms with van der Waals surface area (Å²) in [7, 11) is 3.32. The van der Waals surface area contributed by atoms with Crippen LogP contribution in [0.4, 0.5) is 0 Å². The average Bonchev–Trinajstić information content (AvgIpc) is 2.66. The van der Waals surface area contributed by atoms with Crippen LogP contribution < -0.4 is 15.2 Å². The lowest BCUT2D eigenvalue weighted by Crippen LogP contribution is -2.03. The zero-order valence-corrected chi connectivity index (χ0v) is 10.5. The van der Waals surface area contributed by atoms with E-state index in [1.807, 2.05) is 12.1 Å². The summed E-state index contributed by atoms with van der Waals surface area (Å²) in [6.07, 6.45) is 0.839. The highest BCUT2D eigenvalue weighted by atomic mass is 16.5. The Labute approximate surface area is 101 Å². The summed E-state index contributed by atoms with van der Waals surface area (Å²) < 4.78 is 10.6. The number of H-pyrrole nitrogens is 1. The van der Waals surface area contributed by atoms with E-state index in [1.165, 1.54) is 5.56 Å². The molecule has 92 valence electrons. The summed E-state index contributed by atoms with van der Waals surface area (Å²) in [5.74, 6) is 1.60. The Kier molecular flexibility index (Phi) is 3.24. The van der Waals surface area contributed by atoms with Crippen molar-refractivity contribution in [2.45, 2.75) is 13.3 Å². The molecule has 1 aromatic heterocycles. The molecule has 0 saturated carbocycles. The SMILES string of the molecule is COc1cc(OC)c2[nH]c(CCN)c(C)c2c1. The largest absolute Gasteiger partial charge is 0.497 e. The van der Waals surface area contributed by atoms with Gasteiger partial charge in [0.25, 0.3) is 0 Å². The zero-order valence-electron chi connectivity index (χ0n) is 10.5. The number of aryl methyl sites for hydroxylation is 1. The van der Waals surface area contributed by atoms with Crippen LogP contribution in [0.5, 0.6) is 11.5 Å². The molecule has 1 heterocycles. The predicted octanol–water partition coefficient (Wildman–Crippen LogP) is 1.99. The summed E-state index contributed by atoms with van der Waals surface area (Å²) in [6, 6.07) is 3.90. The van der Waals surface area contributed by atoms with Crippen molar-refractivity contribution in [3.05, 3.63) is 23.4 Å². The summed E-state index contributed by atoms with van der Waals surface area (Å²) in [5.41, 5.74) is 8.98. The number of rotatable bonds is 4. The van der Waals surface area contributed by atoms with Gasteiger partial charge in [-0.3, -0.25) is 0 Å². The first-order chi connectivity index (χ1) is 8.21. The highest BCUT2D eigenvalue weighted by Crippen LogP contribution is 2.33. The zero-order chi connectivity index (χ0) is 12.4. The first-order valence-electron chi connectivity index (χ1n) is 5.64. The summed E-state index contributed by atoms with van der Waals surface area (Å²) in [6.45, 7) is 2.72. The maximum atomic E-state index is 5.60. The second kappa shape index (κ2) is 4.67. The number of methoxy groups -OCH3 is 2. The van der Waals surface area contributed by atoms with Gasteiger partial charge in [0.2, 0.25) is 0 Å². The molecule has 1 aromatic carbocycles. The van der Waals surface area contributed by atoms with Gasteiger partial charge in [0.15, 0.2) is 0 Å². The first kappa shape index (κ1) is 11.8. The highest BCUT2D eigenvalue weighted by molar-refractivity contribution is 5.90. The lowest BCUT2D eigenvalue weighted by molar-refractivity contribution is 0.397. The quantitative estimate of drug-likeness (QED) is 0.850. The fourth-order valence-corrected chi connectivity index (χ4v) is 2.10. The maximum absolute atomic E-state index is 5.60. The number of nitrogens with two attached hydrogens (primary N) is 1. The molecular formula is C13H18N2O2. The smallest absolute Gasteiger partial charge is 0.146 e. The fourth-order valence-electron chi connectivity index (χ4n) is 2.10. The number of hydrogen-bond donors (Lipinski definition) is 2. The van der Waals surface area contributed by atoms with Gasteiger partial charge < -0.3 is 20.2 Å². The van der Waals surface area contributed by atoms with Gasteiger partial charge in [-0.05, 0) is 25.1 Å². The molecule has 0 saturated heterocycles. The van der Waals surface area contributed by atoms with Crippen LogP contribution in [-0.2, 0) is 6.42 Å². The minimum atomic E-state index is 0.632. The third-order valence-corrected chi connectivity index (χ3v) is 3.06. The molecule has 2 aromatic rings. The van der Waals surface area contributed by atoms with Crippen molar-refractivity contribution in [1.29, 1.82) is 0 Å². The van der Waals surface area contributed by atoms with E-state index in [9.17, 15) is 0 Å². The average molecular weight is 234 g/mol. The van der Waals surface area contributed by atoms with E-state index in [1.54, 1.807) is 14.2 Å². The number of nitrogens with one attached hydrogen (secondary N) is 1. The molecule has 3 N–H and O–H groups in total. The van der Waals surface area contributed by atoms with Crippen molar-refractivity contribution < 1.29 is 9.47 Å². The van der Waals surface area contributed by atoms with Gasteiger partial charge in [-0.15, -0.1) is 0 Å². The number of aromatic amines is 1. The van der Waals surface area contributed by atoms with Crippen LogP contribution in [0.3, 0.4) is 0 Å². The number of fused-ring (bicyclic) bond motifs is 1. The second-order valence-corrected chi connectivity index (χ2v) is 4.02. The minimum absolute atomic E-state index is 0.632. The Morgan fingerprint density at radius 3 is 2.59 bits per heavy atom. The Balaban J connectivity index is 2.67. The van der Waals surface area contributed by atoms with Crippen LogP contribution in [0.2, 0.25) is 0 Å². The van der Waals surface area contributed by atoms with E-state index < -0.39 is 0 Å². The molecule has 4 heteroatoms. The Bertz CT molecular complexity index is 532. The normalized spacial score (nSPS) is 10.8. The van der Waals surface area contributed by atoms with Crippen LogP contribution >= 0.6 is 0 Å². The van der Waals surface area contributed by atoms with Crippen LogP contribution in [0.1, 0.15) is 11.3 Å². The molecule has 2 rings (SSSR count). The fraction of sp³-hybridized carbons (Fsp3) is 0.385. The molecule has 0 fully saturated rings. The van der Waals surface area contributed by atoms with Crippen LogP contribution in [-0.4, -0.2) is 25.7 Å². The van der Waals surface area contributed by atoms with Gasteiger partial charge >= 0.3 is 0 Å². The van der Waals surface area contributed by atoms with Gasteiger partial charge in [0.1, 0.15) is 11.5 Å². The Hall–Kier alpha value is -1.68. The van der Waals surface area contributed by atoms with Crippen molar-refractivity contribution in [1.82, 2.24) is 4.98 Å². The highest BCUT2D eigenvalue weighted by Gasteiger charge is 2.12. The Morgan fingerprint density at radius 2 is 2.00 bits per heavy atom. The van der Waals surface area contributed by atoms with Gasteiger partial charge in [0, 0.05) is 23.6 Å². The van der Waals surface area contributed by atoms with E-state index in [0.717, 1.165) is 34.5 Å². The van der Waals surface area contributed by atoms with Crippen LogP contribution in [0.25, 0.3) is 10.9 Å². The third-order valence-electron chi connectivity index (χ3n) is 3.06. The van der Waals surface area contributed by atoms with Crippen molar-refractivity contribution in [3.8, 4) is 11.5 Å². The van der Waals surface area contributed by atoms with Crippen LogP contribution in [0.15, 0.2) is 12.1 Å². The summed E-state index contributed by atoms with van der Waals surface area (Å²) in [4.78, 5) is 3.38. The predicted molar refractivity (Wildman–Crippen MR) is 68.9 cm³/mol. The molecule has 0 amide bonds.